The number of carbonyl (C=O) groups is 4. The third-order valence-electron chi connectivity index (χ3n) is 5.30. The summed E-state index contributed by atoms with van der Waals surface area (Å²) in [6.07, 6.45) is 6.38. The summed E-state index contributed by atoms with van der Waals surface area (Å²) in [5.74, 6) is -0.502. The van der Waals surface area contributed by atoms with E-state index in [0.717, 1.165) is 20.9 Å². The van der Waals surface area contributed by atoms with Crippen molar-refractivity contribution in [3.05, 3.63) is 60.2 Å². The average molecular weight is 676 g/mol. The molecule has 2 aliphatic rings. The molecule has 33 heavy (non-hydrogen) atoms. The van der Waals surface area contributed by atoms with Crippen molar-refractivity contribution >= 4 is 23.9 Å². The first-order valence-electron chi connectivity index (χ1n) is 9.13. The van der Waals surface area contributed by atoms with E-state index >= 15 is 0 Å². The standard InChI is InChI=1S/2C10H11N3O2.2ClH.Pt/c2*1-10(7-3-5-11-6-4-7)8(14)13(2)9(15)12-10;;;/h2*3-6H,1-2H3,(H,12,15);2*1H;/q;;;;+2/p-2. The van der Waals surface area contributed by atoms with Gasteiger partial charge in [0.1, 0.15) is 11.1 Å². The molecule has 2 N–H and O–H groups in total. The number of carbonyl (C=O) groups excluding carboxylic acids is 4. The molecule has 180 valence electrons. The normalized spacial score (nSPS) is 23.3. The average Bonchev–Trinajstić information content (AvgIpc) is 3.09. The predicted molar refractivity (Wildman–Crippen MR) is 106 cm³/mol. The van der Waals surface area contributed by atoms with Crippen LogP contribution in [0.25, 0.3) is 0 Å². The maximum Gasteiger partial charge on any atom is 2.00 e. The van der Waals surface area contributed by atoms with E-state index in [9.17, 15) is 19.2 Å². The van der Waals surface area contributed by atoms with Gasteiger partial charge in [-0.15, -0.1) is 0 Å². The second-order valence-electron chi connectivity index (χ2n) is 7.31. The zero-order valence-electron chi connectivity index (χ0n) is 18.1. The smallest absolute Gasteiger partial charge is 1.00 e. The first kappa shape index (κ1) is 30.4. The molecule has 2 aliphatic heterocycles. The molecule has 0 bridgehead atoms. The topological polar surface area (TPSA) is 125 Å². The number of pyridine rings is 2. The summed E-state index contributed by atoms with van der Waals surface area (Å²) in [7, 11) is 2.92. The van der Waals surface area contributed by atoms with Gasteiger partial charge in [0.2, 0.25) is 0 Å². The van der Waals surface area contributed by atoms with Crippen molar-refractivity contribution in [2.45, 2.75) is 24.9 Å². The molecule has 0 aromatic carbocycles. The number of hydrogen-bond donors (Lipinski definition) is 2. The van der Waals surface area contributed by atoms with Gasteiger partial charge in [-0.25, -0.2) is 9.59 Å². The Hall–Kier alpha value is -2.55. The monoisotopic (exact) mass is 675 g/mol. The Morgan fingerprint density at radius 3 is 1.15 bits per heavy atom. The van der Waals surface area contributed by atoms with Crippen LogP contribution in [-0.4, -0.2) is 57.7 Å². The van der Waals surface area contributed by atoms with Crippen molar-refractivity contribution in [1.29, 1.82) is 0 Å². The van der Waals surface area contributed by atoms with Crippen molar-refractivity contribution in [3.63, 3.8) is 0 Å². The van der Waals surface area contributed by atoms with Gasteiger partial charge in [0.15, 0.2) is 0 Å². The second kappa shape index (κ2) is 11.5. The van der Waals surface area contributed by atoms with Gasteiger partial charge in [-0.1, -0.05) is 0 Å². The fraction of sp³-hybridized carbons (Fsp3) is 0.300. The molecule has 2 aromatic rings. The minimum Gasteiger partial charge on any atom is -1.00 e. The molecule has 13 heteroatoms. The van der Waals surface area contributed by atoms with Gasteiger partial charge in [0.25, 0.3) is 11.8 Å². The Bertz CT molecular complexity index is 935. The minimum atomic E-state index is -0.964. The van der Waals surface area contributed by atoms with Crippen LogP contribution in [0, 0.1) is 0 Å². The zero-order valence-corrected chi connectivity index (χ0v) is 21.9. The van der Waals surface area contributed by atoms with Gasteiger partial charge in [-0.2, -0.15) is 0 Å². The maximum absolute atomic E-state index is 11.9. The van der Waals surface area contributed by atoms with E-state index in [0.29, 0.717) is 0 Å². The van der Waals surface area contributed by atoms with Crippen molar-refractivity contribution in [2.24, 2.45) is 0 Å². The van der Waals surface area contributed by atoms with E-state index in [1.807, 2.05) is 0 Å². The molecular formula is C20H22Cl2N6O4Pt. The maximum atomic E-state index is 11.9. The number of rotatable bonds is 2. The molecule has 6 amide bonds. The molecule has 4 rings (SSSR count). The van der Waals surface area contributed by atoms with E-state index in [1.54, 1.807) is 62.9 Å². The van der Waals surface area contributed by atoms with Gasteiger partial charge in [0.05, 0.1) is 0 Å². The van der Waals surface area contributed by atoms with Crippen LogP contribution in [-0.2, 0) is 41.7 Å². The van der Waals surface area contributed by atoms with Gasteiger partial charge < -0.3 is 35.4 Å². The van der Waals surface area contributed by atoms with Crippen molar-refractivity contribution in [3.8, 4) is 0 Å². The molecule has 2 aromatic heterocycles. The molecule has 0 saturated carbocycles. The van der Waals surface area contributed by atoms with Crippen LogP contribution in [0.2, 0.25) is 0 Å². The molecule has 2 unspecified atom stereocenters. The number of hydrogen-bond acceptors (Lipinski definition) is 6. The first-order valence-corrected chi connectivity index (χ1v) is 9.13. The molecule has 0 aliphatic carbocycles. The first-order chi connectivity index (χ1) is 14.1. The largest absolute Gasteiger partial charge is 2.00 e. The van der Waals surface area contributed by atoms with Crippen LogP contribution < -0.4 is 35.4 Å². The number of amides is 6. The number of likely N-dealkylation sites (N-methyl/N-ethyl adjacent to an activating group) is 2. The number of nitrogens with one attached hydrogen (secondary N) is 2. The van der Waals surface area contributed by atoms with Gasteiger partial charge in [0, 0.05) is 38.9 Å². The van der Waals surface area contributed by atoms with E-state index < -0.39 is 11.1 Å². The molecule has 0 radical (unpaired) electrons. The van der Waals surface area contributed by atoms with Crippen LogP contribution in [0.15, 0.2) is 49.1 Å². The number of urea groups is 2. The van der Waals surface area contributed by atoms with Crippen molar-refractivity contribution in [1.82, 2.24) is 30.4 Å². The Morgan fingerprint density at radius 1 is 0.667 bits per heavy atom. The Kier molecular flexibility index (Phi) is 10.6. The Labute approximate surface area is 218 Å². The Balaban J connectivity index is 0.000000569. The Morgan fingerprint density at radius 2 is 0.939 bits per heavy atom. The van der Waals surface area contributed by atoms with Crippen molar-refractivity contribution in [2.75, 3.05) is 14.1 Å². The fourth-order valence-electron chi connectivity index (χ4n) is 3.32. The van der Waals surface area contributed by atoms with Crippen LogP contribution in [0.3, 0.4) is 0 Å². The summed E-state index contributed by atoms with van der Waals surface area (Å²) >= 11 is 0. The predicted octanol–water partition coefficient (Wildman–Crippen LogP) is -5.04. The third-order valence-corrected chi connectivity index (χ3v) is 5.30. The van der Waals surface area contributed by atoms with Crippen LogP contribution >= 0.6 is 0 Å². The SMILES string of the molecule is CN1C(=O)NC(C)(c2ccncc2)C1=O.CN1C(=O)NC(C)(c2ccncc2)C1=O.[Cl-].[Cl-].[Pt+2]. The van der Waals surface area contributed by atoms with E-state index in [-0.39, 0.29) is 69.8 Å². The second-order valence-corrected chi connectivity index (χ2v) is 7.31. The van der Waals surface area contributed by atoms with Crippen LogP contribution in [0.4, 0.5) is 9.59 Å². The summed E-state index contributed by atoms with van der Waals surface area (Å²) in [6, 6.07) is 6.13. The number of halogens is 2. The molecule has 2 saturated heterocycles. The minimum absolute atomic E-state index is 0. The quantitative estimate of drug-likeness (QED) is 0.308. The van der Waals surface area contributed by atoms with E-state index in [2.05, 4.69) is 20.6 Å². The molecule has 2 fully saturated rings. The fourth-order valence-corrected chi connectivity index (χ4v) is 3.32. The molecular weight excluding hydrogens is 654 g/mol. The summed E-state index contributed by atoms with van der Waals surface area (Å²) in [5, 5.41) is 5.31. The molecule has 0 spiro atoms. The number of nitrogens with zero attached hydrogens (tertiary/aromatic N) is 4. The van der Waals surface area contributed by atoms with Gasteiger partial charge >= 0.3 is 33.1 Å². The van der Waals surface area contributed by atoms with E-state index in [4.69, 9.17) is 0 Å². The molecule has 2 atom stereocenters. The molecule has 10 nitrogen and oxygen atoms in total. The van der Waals surface area contributed by atoms with E-state index in [1.165, 1.54) is 14.1 Å². The summed E-state index contributed by atoms with van der Waals surface area (Å²) in [4.78, 5) is 56.3. The summed E-state index contributed by atoms with van der Waals surface area (Å²) < 4.78 is 0. The summed E-state index contributed by atoms with van der Waals surface area (Å²) in [5.41, 5.74) is -0.454. The summed E-state index contributed by atoms with van der Waals surface area (Å²) in [6.45, 7) is 3.37. The zero-order chi connectivity index (χ0) is 22.1. The number of aromatic nitrogens is 2. The van der Waals surface area contributed by atoms with Gasteiger partial charge in [-0.3, -0.25) is 29.4 Å². The number of imide groups is 2. The molecule has 4 heterocycles. The van der Waals surface area contributed by atoms with Gasteiger partial charge in [-0.05, 0) is 49.2 Å². The van der Waals surface area contributed by atoms with Crippen LogP contribution in [0.1, 0.15) is 25.0 Å². The van der Waals surface area contributed by atoms with Crippen LogP contribution in [0.5, 0.6) is 0 Å². The van der Waals surface area contributed by atoms with Crippen molar-refractivity contribution < 1.29 is 65.1 Å². The third kappa shape index (κ3) is 5.51.